The first-order valence-corrected chi connectivity index (χ1v) is 9.40. The van der Waals surface area contributed by atoms with Crippen LogP contribution >= 0.6 is 23.4 Å². The molecule has 1 aromatic carbocycles. The van der Waals surface area contributed by atoms with Crippen LogP contribution in [0, 0.1) is 0 Å². The predicted octanol–water partition coefficient (Wildman–Crippen LogP) is 2.10. The summed E-state index contributed by atoms with van der Waals surface area (Å²) < 4.78 is 7.76. The van der Waals surface area contributed by atoms with Crippen LogP contribution in [-0.2, 0) is 16.2 Å². The molecule has 2 amide bonds. The van der Waals surface area contributed by atoms with E-state index in [0.717, 1.165) is 12.8 Å². The molecule has 10 heteroatoms. The number of benzene rings is 1. The van der Waals surface area contributed by atoms with E-state index in [1.165, 1.54) is 18.7 Å². The fraction of sp³-hybridized carbons (Fsp3) is 0.375. The highest BCUT2D eigenvalue weighted by Crippen LogP contribution is 2.39. The van der Waals surface area contributed by atoms with Gasteiger partial charge in [0.15, 0.2) is 11.0 Å². The van der Waals surface area contributed by atoms with Crippen LogP contribution in [0.2, 0.25) is 5.02 Å². The Morgan fingerprint density at radius 3 is 2.77 bits per heavy atom. The first-order valence-electron chi connectivity index (χ1n) is 8.04. The monoisotopic (exact) mass is 395 g/mol. The fourth-order valence-electron chi connectivity index (χ4n) is 2.23. The van der Waals surface area contributed by atoms with Crippen LogP contribution in [0.25, 0.3) is 0 Å². The largest absolute Gasteiger partial charge is 0.484 e. The maximum absolute atomic E-state index is 11.7. The third-order valence-corrected chi connectivity index (χ3v) is 4.81. The second-order valence-corrected chi connectivity index (χ2v) is 7.09. The molecule has 26 heavy (non-hydrogen) atoms. The Morgan fingerprint density at radius 2 is 2.08 bits per heavy atom. The smallest absolute Gasteiger partial charge is 0.248 e. The number of nitrogens with zero attached hydrogens (tertiary/aromatic N) is 3. The van der Waals surface area contributed by atoms with Gasteiger partial charge in [-0.1, -0.05) is 35.5 Å². The molecule has 1 fully saturated rings. The average Bonchev–Trinajstić information content (AvgIpc) is 3.38. The first-order chi connectivity index (χ1) is 12.5. The molecule has 0 unspecified atom stereocenters. The van der Waals surface area contributed by atoms with Crippen molar-refractivity contribution in [2.45, 2.75) is 37.6 Å². The molecule has 2 N–H and O–H groups in total. The number of rotatable bonds is 7. The van der Waals surface area contributed by atoms with Crippen molar-refractivity contribution in [3.63, 3.8) is 0 Å². The molecule has 1 saturated carbocycles. The van der Waals surface area contributed by atoms with E-state index < -0.39 is 0 Å². The number of hydrogen-bond donors (Lipinski definition) is 2. The van der Waals surface area contributed by atoms with Crippen LogP contribution in [0.15, 0.2) is 29.4 Å². The molecule has 1 aliphatic rings. The number of ether oxygens (including phenoxy) is 1. The highest BCUT2D eigenvalue weighted by atomic mass is 35.5. The molecule has 0 spiro atoms. The summed E-state index contributed by atoms with van der Waals surface area (Å²) in [6, 6.07) is 7.57. The van der Waals surface area contributed by atoms with Crippen LogP contribution in [0.4, 0.5) is 0 Å². The molecular formula is C16H18ClN5O3S. The van der Waals surface area contributed by atoms with E-state index in [9.17, 15) is 9.59 Å². The minimum absolute atomic E-state index is 0.122. The van der Waals surface area contributed by atoms with Crippen molar-refractivity contribution in [1.82, 2.24) is 25.6 Å². The SMILES string of the molecule is CC(=O)NNC(=O)CSc1nnc(COc2ccccc2Cl)n1C1CC1. The number of hydrogen-bond acceptors (Lipinski definition) is 6. The van der Waals surface area contributed by atoms with Gasteiger partial charge in [-0.3, -0.25) is 25.0 Å². The van der Waals surface area contributed by atoms with Crippen molar-refractivity contribution >= 4 is 35.2 Å². The lowest BCUT2D eigenvalue weighted by Crippen LogP contribution is -2.41. The summed E-state index contributed by atoms with van der Waals surface area (Å²) in [6.45, 7) is 1.56. The van der Waals surface area contributed by atoms with E-state index in [-0.39, 0.29) is 24.2 Å². The van der Waals surface area contributed by atoms with Gasteiger partial charge in [0.05, 0.1) is 10.8 Å². The second kappa shape index (κ2) is 8.41. The van der Waals surface area contributed by atoms with Crippen molar-refractivity contribution in [3.8, 4) is 5.75 Å². The molecule has 2 aromatic rings. The van der Waals surface area contributed by atoms with E-state index in [1.54, 1.807) is 12.1 Å². The Labute approximate surface area is 159 Å². The number of amides is 2. The summed E-state index contributed by atoms with van der Waals surface area (Å²) in [5.41, 5.74) is 4.57. The first kappa shape index (κ1) is 18.5. The molecular weight excluding hydrogens is 378 g/mol. The number of hydrazine groups is 1. The number of carbonyl (C=O) groups excluding carboxylic acids is 2. The van der Waals surface area contributed by atoms with E-state index in [4.69, 9.17) is 16.3 Å². The lowest BCUT2D eigenvalue weighted by Gasteiger charge is -2.10. The molecule has 3 rings (SSSR count). The van der Waals surface area contributed by atoms with Gasteiger partial charge in [-0.2, -0.15) is 0 Å². The summed E-state index contributed by atoms with van der Waals surface area (Å²) in [7, 11) is 0. The lowest BCUT2D eigenvalue weighted by atomic mass is 10.3. The number of carbonyl (C=O) groups is 2. The molecule has 1 heterocycles. The molecule has 1 aromatic heterocycles. The van der Waals surface area contributed by atoms with E-state index in [2.05, 4.69) is 21.0 Å². The van der Waals surface area contributed by atoms with Crippen LogP contribution in [0.3, 0.4) is 0 Å². The normalized spacial score (nSPS) is 13.3. The summed E-state index contributed by atoms with van der Waals surface area (Å²) >= 11 is 7.37. The van der Waals surface area contributed by atoms with Gasteiger partial charge in [-0.25, -0.2) is 0 Å². The number of thioether (sulfide) groups is 1. The highest BCUT2D eigenvalue weighted by molar-refractivity contribution is 7.99. The number of halogens is 1. The Hall–Kier alpha value is -2.26. The van der Waals surface area contributed by atoms with Crippen LogP contribution in [0.1, 0.15) is 31.6 Å². The molecule has 0 atom stereocenters. The quantitative estimate of drug-likeness (QED) is 0.550. The molecule has 1 aliphatic carbocycles. The van der Waals surface area contributed by atoms with E-state index >= 15 is 0 Å². The maximum atomic E-state index is 11.7. The molecule has 138 valence electrons. The predicted molar refractivity (Wildman–Crippen MR) is 96.8 cm³/mol. The second-order valence-electron chi connectivity index (χ2n) is 5.74. The zero-order chi connectivity index (χ0) is 18.5. The minimum atomic E-state index is -0.330. The topological polar surface area (TPSA) is 98.1 Å². The van der Waals surface area contributed by atoms with Gasteiger partial charge in [-0.05, 0) is 25.0 Å². The van der Waals surface area contributed by atoms with Crippen LogP contribution in [-0.4, -0.2) is 32.3 Å². The average molecular weight is 396 g/mol. The van der Waals surface area contributed by atoms with E-state index in [0.29, 0.717) is 27.8 Å². The van der Waals surface area contributed by atoms with Crippen molar-refractivity contribution in [1.29, 1.82) is 0 Å². The van der Waals surface area contributed by atoms with Gasteiger partial charge >= 0.3 is 0 Å². The number of nitrogens with one attached hydrogen (secondary N) is 2. The fourth-order valence-corrected chi connectivity index (χ4v) is 3.25. The summed E-state index contributed by atoms with van der Waals surface area (Å²) in [6.07, 6.45) is 2.09. The van der Waals surface area contributed by atoms with Gasteiger partial charge < -0.3 is 4.74 Å². The zero-order valence-corrected chi connectivity index (χ0v) is 15.6. The van der Waals surface area contributed by atoms with Crippen molar-refractivity contribution in [3.05, 3.63) is 35.1 Å². The zero-order valence-electron chi connectivity index (χ0n) is 14.1. The Bertz CT molecular complexity index is 809. The Kier molecular flexibility index (Phi) is 6.00. The third-order valence-electron chi connectivity index (χ3n) is 3.55. The number of para-hydroxylation sites is 1. The van der Waals surface area contributed by atoms with Crippen molar-refractivity contribution in [2.75, 3.05) is 5.75 Å². The maximum Gasteiger partial charge on any atom is 0.248 e. The molecule has 0 radical (unpaired) electrons. The van der Waals surface area contributed by atoms with Crippen LogP contribution in [0.5, 0.6) is 5.75 Å². The Morgan fingerprint density at radius 1 is 1.31 bits per heavy atom. The molecule has 0 aliphatic heterocycles. The van der Waals surface area contributed by atoms with Gasteiger partial charge in [0.2, 0.25) is 11.8 Å². The molecule has 8 nitrogen and oxygen atoms in total. The van der Waals surface area contributed by atoms with Crippen molar-refractivity contribution < 1.29 is 14.3 Å². The van der Waals surface area contributed by atoms with Gasteiger partial charge in [0.1, 0.15) is 12.4 Å². The Balaban J connectivity index is 1.62. The summed E-state index contributed by atoms with van der Waals surface area (Å²) in [4.78, 5) is 22.5. The van der Waals surface area contributed by atoms with E-state index in [1.807, 2.05) is 16.7 Å². The lowest BCUT2D eigenvalue weighted by molar-refractivity contribution is -0.126. The number of aromatic nitrogens is 3. The summed E-state index contributed by atoms with van der Waals surface area (Å²) in [5.74, 6) is 0.754. The van der Waals surface area contributed by atoms with Gasteiger partial charge in [0.25, 0.3) is 0 Å². The van der Waals surface area contributed by atoms with Gasteiger partial charge in [0, 0.05) is 13.0 Å². The summed E-state index contributed by atoms with van der Waals surface area (Å²) in [5, 5.41) is 9.56. The van der Waals surface area contributed by atoms with Gasteiger partial charge in [-0.15, -0.1) is 10.2 Å². The third kappa shape index (κ3) is 4.89. The van der Waals surface area contributed by atoms with Crippen molar-refractivity contribution in [2.24, 2.45) is 0 Å². The minimum Gasteiger partial charge on any atom is -0.484 e. The molecule has 0 bridgehead atoms. The van der Waals surface area contributed by atoms with Crippen LogP contribution < -0.4 is 15.6 Å². The highest BCUT2D eigenvalue weighted by Gasteiger charge is 2.30. The molecule has 0 saturated heterocycles. The standard InChI is InChI=1S/C16H18ClN5O3S/c1-10(23)18-20-15(24)9-26-16-21-19-14(22(16)11-6-7-11)8-25-13-5-3-2-4-12(13)17/h2-5,11H,6-9H2,1H3,(H,18,23)(H,20,24).